The van der Waals surface area contributed by atoms with Gasteiger partial charge < -0.3 is 5.32 Å². The van der Waals surface area contributed by atoms with E-state index in [9.17, 15) is 8.78 Å². The molecule has 1 atom stereocenters. The molecule has 0 aliphatic carbocycles. The van der Waals surface area contributed by atoms with Crippen molar-refractivity contribution in [2.24, 2.45) is 0 Å². The van der Waals surface area contributed by atoms with E-state index in [1.807, 2.05) is 6.92 Å². The van der Waals surface area contributed by atoms with Crippen LogP contribution in [-0.2, 0) is 6.42 Å². The monoisotopic (exact) mass is 329 g/mol. The summed E-state index contributed by atoms with van der Waals surface area (Å²) >= 11 is 11.9. The van der Waals surface area contributed by atoms with Crippen LogP contribution >= 0.6 is 23.2 Å². The highest BCUT2D eigenvalue weighted by Crippen LogP contribution is 2.28. The first-order chi connectivity index (χ1) is 10.0. The van der Waals surface area contributed by atoms with Crippen molar-refractivity contribution in [3.63, 3.8) is 0 Å². The van der Waals surface area contributed by atoms with Gasteiger partial charge in [-0.15, -0.1) is 0 Å². The molecular formula is C16H15Cl2F2N. The van der Waals surface area contributed by atoms with Crippen LogP contribution in [0.1, 0.15) is 24.1 Å². The fourth-order valence-electron chi connectivity index (χ4n) is 2.25. The molecule has 21 heavy (non-hydrogen) atoms. The number of halogens is 4. The van der Waals surface area contributed by atoms with Crippen LogP contribution in [0.15, 0.2) is 36.4 Å². The van der Waals surface area contributed by atoms with Crippen molar-refractivity contribution in [3.05, 3.63) is 69.2 Å². The molecule has 1 unspecified atom stereocenters. The SMILES string of the molecule is CCNC(Cc1cccc(Cl)c1F)c1ccc(F)cc1Cl. The van der Waals surface area contributed by atoms with E-state index < -0.39 is 11.6 Å². The van der Waals surface area contributed by atoms with E-state index >= 15 is 0 Å². The summed E-state index contributed by atoms with van der Waals surface area (Å²) in [6.45, 7) is 2.62. The van der Waals surface area contributed by atoms with Gasteiger partial charge in [0.25, 0.3) is 0 Å². The molecule has 0 saturated heterocycles. The van der Waals surface area contributed by atoms with Crippen molar-refractivity contribution in [2.75, 3.05) is 6.54 Å². The molecule has 0 aromatic heterocycles. The summed E-state index contributed by atoms with van der Waals surface area (Å²) in [6.07, 6.45) is 0.381. The molecule has 0 heterocycles. The van der Waals surface area contributed by atoms with Crippen LogP contribution in [0, 0.1) is 11.6 Å². The van der Waals surface area contributed by atoms with Crippen molar-refractivity contribution in [1.29, 1.82) is 0 Å². The van der Waals surface area contributed by atoms with Crippen LogP contribution in [0.2, 0.25) is 10.0 Å². The zero-order chi connectivity index (χ0) is 15.4. The molecule has 0 bridgehead atoms. The van der Waals surface area contributed by atoms with Gasteiger partial charge in [0.1, 0.15) is 11.6 Å². The van der Waals surface area contributed by atoms with E-state index in [2.05, 4.69) is 5.32 Å². The Bertz CT molecular complexity index is 632. The maximum Gasteiger partial charge on any atom is 0.145 e. The topological polar surface area (TPSA) is 12.0 Å². The lowest BCUT2D eigenvalue weighted by atomic mass is 9.98. The van der Waals surface area contributed by atoms with Crippen molar-refractivity contribution >= 4 is 23.2 Å². The maximum absolute atomic E-state index is 14.0. The van der Waals surface area contributed by atoms with Crippen LogP contribution in [0.25, 0.3) is 0 Å². The Balaban J connectivity index is 2.33. The van der Waals surface area contributed by atoms with E-state index in [4.69, 9.17) is 23.2 Å². The number of rotatable bonds is 5. The Kier molecular flexibility index (Phi) is 5.57. The highest BCUT2D eigenvalue weighted by Gasteiger charge is 2.17. The summed E-state index contributed by atoms with van der Waals surface area (Å²) in [5.74, 6) is -0.826. The van der Waals surface area contributed by atoms with Gasteiger partial charge in [-0.1, -0.05) is 48.3 Å². The molecule has 0 aliphatic rings. The molecule has 112 valence electrons. The zero-order valence-electron chi connectivity index (χ0n) is 11.5. The minimum atomic E-state index is -0.430. The molecule has 0 spiro atoms. The van der Waals surface area contributed by atoms with Crippen molar-refractivity contribution < 1.29 is 8.78 Å². The fourth-order valence-corrected chi connectivity index (χ4v) is 2.74. The molecule has 0 saturated carbocycles. The van der Waals surface area contributed by atoms with Gasteiger partial charge in [-0.3, -0.25) is 0 Å². The van der Waals surface area contributed by atoms with Gasteiger partial charge >= 0.3 is 0 Å². The van der Waals surface area contributed by atoms with Crippen LogP contribution in [-0.4, -0.2) is 6.54 Å². The third-order valence-electron chi connectivity index (χ3n) is 3.24. The van der Waals surface area contributed by atoms with Gasteiger partial charge in [-0.2, -0.15) is 0 Å². The van der Waals surface area contributed by atoms with Gasteiger partial charge in [0, 0.05) is 11.1 Å². The van der Waals surface area contributed by atoms with Crippen molar-refractivity contribution in [1.82, 2.24) is 5.32 Å². The van der Waals surface area contributed by atoms with Crippen LogP contribution in [0.4, 0.5) is 8.78 Å². The smallest absolute Gasteiger partial charge is 0.145 e. The predicted octanol–water partition coefficient (Wildman–Crippen LogP) is 5.16. The lowest BCUT2D eigenvalue weighted by molar-refractivity contribution is 0.527. The van der Waals surface area contributed by atoms with E-state index in [-0.39, 0.29) is 11.1 Å². The van der Waals surface area contributed by atoms with Gasteiger partial charge in [0.15, 0.2) is 0 Å². The maximum atomic E-state index is 14.0. The number of nitrogens with one attached hydrogen (secondary N) is 1. The van der Waals surface area contributed by atoms with E-state index in [0.29, 0.717) is 23.6 Å². The van der Waals surface area contributed by atoms with Crippen molar-refractivity contribution in [3.8, 4) is 0 Å². The third-order valence-corrected chi connectivity index (χ3v) is 3.86. The normalized spacial score (nSPS) is 12.4. The highest BCUT2D eigenvalue weighted by atomic mass is 35.5. The summed E-state index contributed by atoms with van der Waals surface area (Å²) in [7, 11) is 0. The zero-order valence-corrected chi connectivity index (χ0v) is 13.0. The van der Waals surface area contributed by atoms with Gasteiger partial charge in [-0.05, 0) is 42.3 Å². The Morgan fingerprint density at radius 1 is 1.10 bits per heavy atom. The summed E-state index contributed by atoms with van der Waals surface area (Å²) in [5.41, 5.74) is 1.23. The van der Waals surface area contributed by atoms with E-state index in [1.54, 1.807) is 18.2 Å². The summed E-state index contributed by atoms with van der Waals surface area (Å²) in [5, 5.41) is 3.65. The van der Waals surface area contributed by atoms with E-state index in [0.717, 1.165) is 5.56 Å². The lowest BCUT2D eigenvalue weighted by Crippen LogP contribution is -2.23. The molecule has 0 amide bonds. The third kappa shape index (κ3) is 3.94. The number of benzene rings is 2. The van der Waals surface area contributed by atoms with Crippen LogP contribution in [0.3, 0.4) is 0 Å². The molecule has 0 fully saturated rings. The van der Waals surface area contributed by atoms with Gasteiger partial charge in [0.05, 0.1) is 5.02 Å². The molecule has 1 N–H and O–H groups in total. The first-order valence-electron chi connectivity index (χ1n) is 6.64. The second-order valence-electron chi connectivity index (χ2n) is 4.69. The number of likely N-dealkylation sites (N-methyl/N-ethyl adjacent to an activating group) is 1. The Morgan fingerprint density at radius 3 is 2.52 bits per heavy atom. The largest absolute Gasteiger partial charge is 0.310 e. The number of hydrogen-bond acceptors (Lipinski definition) is 1. The fraction of sp³-hybridized carbons (Fsp3) is 0.250. The molecule has 0 aliphatic heterocycles. The Morgan fingerprint density at radius 2 is 1.86 bits per heavy atom. The minimum absolute atomic E-state index is 0.0907. The molecule has 2 rings (SSSR count). The average molecular weight is 330 g/mol. The Hall–Kier alpha value is -1.16. The first-order valence-corrected chi connectivity index (χ1v) is 7.39. The van der Waals surface area contributed by atoms with E-state index in [1.165, 1.54) is 18.2 Å². The van der Waals surface area contributed by atoms with Crippen molar-refractivity contribution in [2.45, 2.75) is 19.4 Å². The molecule has 2 aromatic rings. The molecular weight excluding hydrogens is 315 g/mol. The lowest BCUT2D eigenvalue weighted by Gasteiger charge is -2.20. The first kappa shape index (κ1) is 16.2. The molecule has 5 heteroatoms. The number of hydrogen-bond donors (Lipinski definition) is 1. The molecule has 0 radical (unpaired) electrons. The van der Waals surface area contributed by atoms with Crippen LogP contribution in [0.5, 0.6) is 0 Å². The standard InChI is InChI=1S/C16H15Cl2F2N/c1-2-21-15(12-7-6-11(19)9-14(12)18)8-10-4-3-5-13(17)16(10)20/h3-7,9,15,21H,2,8H2,1H3. The quantitative estimate of drug-likeness (QED) is 0.798. The molecule has 2 aromatic carbocycles. The molecule has 1 nitrogen and oxygen atoms in total. The van der Waals surface area contributed by atoms with Gasteiger partial charge in [-0.25, -0.2) is 8.78 Å². The summed E-state index contributed by atoms with van der Waals surface area (Å²) < 4.78 is 27.2. The Labute approximate surface area is 132 Å². The summed E-state index contributed by atoms with van der Waals surface area (Å²) in [4.78, 5) is 0. The second kappa shape index (κ2) is 7.21. The predicted molar refractivity (Wildman–Crippen MR) is 82.9 cm³/mol. The van der Waals surface area contributed by atoms with Gasteiger partial charge in [0.2, 0.25) is 0 Å². The van der Waals surface area contributed by atoms with Crippen LogP contribution < -0.4 is 5.32 Å². The average Bonchev–Trinajstić information content (AvgIpc) is 2.43. The second-order valence-corrected chi connectivity index (χ2v) is 5.51. The highest BCUT2D eigenvalue weighted by molar-refractivity contribution is 6.31. The minimum Gasteiger partial charge on any atom is -0.310 e. The summed E-state index contributed by atoms with van der Waals surface area (Å²) in [6, 6.07) is 8.91.